The van der Waals surface area contributed by atoms with Crippen molar-refractivity contribution in [3.63, 3.8) is 0 Å². The number of anilines is 1. The van der Waals surface area contributed by atoms with Crippen molar-refractivity contribution in [3.8, 4) is 11.3 Å². The fraction of sp³-hybridized carbons (Fsp3) is 0.333. The van der Waals surface area contributed by atoms with E-state index in [0.29, 0.717) is 12.3 Å². The normalized spacial score (nSPS) is 20.2. The highest BCUT2D eigenvalue weighted by Gasteiger charge is 2.40. The monoisotopic (exact) mass is 336 g/mol. The number of nitrogens with one attached hydrogen (secondary N) is 1. The summed E-state index contributed by atoms with van der Waals surface area (Å²) in [7, 11) is 1.69. The Morgan fingerprint density at radius 2 is 2.08 bits per heavy atom. The lowest BCUT2D eigenvalue weighted by Gasteiger charge is -2.24. The summed E-state index contributed by atoms with van der Waals surface area (Å²) in [5.41, 5.74) is 1.48. The summed E-state index contributed by atoms with van der Waals surface area (Å²) in [5, 5.41) is 7.09. The molecule has 1 aliphatic heterocycles. The van der Waals surface area contributed by atoms with Crippen LogP contribution in [-0.2, 0) is 4.79 Å². The highest BCUT2D eigenvalue weighted by atomic mass is 16.2. The molecule has 0 bridgehead atoms. The molecule has 0 aliphatic carbocycles. The highest BCUT2D eigenvalue weighted by molar-refractivity contribution is 5.83. The summed E-state index contributed by atoms with van der Waals surface area (Å²) >= 11 is 0. The van der Waals surface area contributed by atoms with Gasteiger partial charge in [0.15, 0.2) is 0 Å². The zero-order valence-corrected chi connectivity index (χ0v) is 14.3. The number of amides is 1. The fourth-order valence-corrected chi connectivity index (χ4v) is 3.42. The van der Waals surface area contributed by atoms with Crippen molar-refractivity contribution in [1.29, 1.82) is 0 Å². The van der Waals surface area contributed by atoms with Crippen LogP contribution in [0.1, 0.15) is 13.3 Å². The van der Waals surface area contributed by atoms with E-state index in [-0.39, 0.29) is 5.91 Å². The number of benzene rings is 1. The minimum Gasteiger partial charge on any atom is -0.359 e. The van der Waals surface area contributed by atoms with E-state index in [1.54, 1.807) is 11.6 Å². The molecular weight excluding hydrogens is 316 g/mol. The van der Waals surface area contributed by atoms with Crippen LogP contribution in [0.5, 0.6) is 0 Å². The van der Waals surface area contributed by atoms with E-state index in [4.69, 9.17) is 0 Å². The molecule has 1 fully saturated rings. The quantitative estimate of drug-likeness (QED) is 0.789. The van der Waals surface area contributed by atoms with Crippen LogP contribution in [-0.4, -0.2) is 45.6 Å². The first-order chi connectivity index (χ1) is 12.1. The molecule has 1 N–H and O–H groups in total. The van der Waals surface area contributed by atoms with Crippen molar-refractivity contribution in [2.24, 2.45) is 5.41 Å². The second-order valence-electron chi connectivity index (χ2n) is 6.65. The van der Waals surface area contributed by atoms with Gasteiger partial charge in [0.05, 0.1) is 11.1 Å². The third kappa shape index (κ3) is 2.61. The summed E-state index contributed by atoms with van der Waals surface area (Å²) < 4.78 is 1.74. The van der Waals surface area contributed by atoms with Gasteiger partial charge in [-0.05, 0) is 13.3 Å². The van der Waals surface area contributed by atoms with E-state index in [2.05, 4.69) is 25.3 Å². The first-order valence-electron chi connectivity index (χ1n) is 8.34. The molecule has 3 aromatic rings. The Kier molecular flexibility index (Phi) is 3.63. The second kappa shape index (κ2) is 5.84. The molecule has 1 saturated heterocycles. The van der Waals surface area contributed by atoms with Gasteiger partial charge in [-0.1, -0.05) is 30.3 Å². The van der Waals surface area contributed by atoms with Crippen molar-refractivity contribution in [3.05, 3.63) is 42.7 Å². The lowest BCUT2D eigenvalue weighted by molar-refractivity contribution is -0.128. The SMILES string of the molecule is CNC(=O)C1(C)CCN(c2cc(-c3ccccc3)nc3ncnn23)C1. The van der Waals surface area contributed by atoms with E-state index in [0.717, 1.165) is 30.0 Å². The van der Waals surface area contributed by atoms with Crippen molar-refractivity contribution < 1.29 is 4.79 Å². The van der Waals surface area contributed by atoms with Crippen LogP contribution < -0.4 is 10.2 Å². The van der Waals surface area contributed by atoms with Crippen molar-refractivity contribution >= 4 is 17.5 Å². The van der Waals surface area contributed by atoms with Gasteiger partial charge in [0.1, 0.15) is 12.1 Å². The summed E-state index contributed by atoms with van der Waals surface area (Å²) in [6, 6.07) is 12.0. The highest BCUT2D eigenvalue weighted by Crippen LogP contribution is 2.34. The van der Waals surface area contributed by atoms with E-state index >= 15 is 0 Å². The molecule has 1 aromatic carbocycles. The predicted octanol–water partition coefficient (Wildman–Crippen LogP) is 1.75. The third-order valence-electron chi connectivity index (χ3n) is 4.88. The van der Waals surface area contributed by atoms with Gasteiger partial charge < -0.3 is 10.2 Å². The summed E-state index contributed by atoms with van der Waals surface area (Å²) in [6.07, 6.45) is 2.31. The molecule has 128 valence electrons. The minimum atomic E-state index is -0.405. The maximum atomic E-state index is 12.2. The van der Waals surface area contributed by atoms with E-state index < -0.39 is 5.41 Å². The summed E-state index contributed by atoms with van der Waals surface area (Å²) in [4.78, 5) is 23.3. The molecule has 0 spiro atoms. The average Bonchev–Trinajstić information content (AvgIpc) is 3.28. The Morgan fingerprint density at radius 1 is 1.28 bits per heavy atom. The number of nitrogens with zero attached hydrogens (tertiary/aromatic N) is 5. The second-order valence-corrected chi connectivity index (χ2v) is 6.65. The van der Waals surface area contributed by atoms with Gasteiger partial charge >= 0.3 is 0 Å². The van der Waals surface area contributed by atoms with Crippen molar-refractivity contribution in [2.75, 3.05) is 25.0 Å². The standard InChI is InChI=1S/C18H20N6O/c1-18(16(25)19-2)8-9-23(11-18)15-10-14(13-6-4-3-5-7-13)22-17-20-12-21-24(15)17/h3-7,10,12H,8-9,11H2,1-2H3,(H,19,25). The largest absolute Gasteiger partial charge is 0.359 e. The Bertz CT molecular complexity index is 922. The van der Waals surface area contributed by atoms with Gasteiger partial charge in [-0.15, -0.1) is 0 Å². The Hall–Kier alpha value is -2.96. The van der Waals surface area contributed by atoms with Crippen LogP contribution in [0.3, 0.4) is 0 Å². The van der Waals surface area contributed by atoms with Crippen LogP contribution in [0.2, 0.25) is 0 Å². The van der Waals surface area contributed by atoms with Crippen LogP contribution in [0.4, 0.5) is 5.82 Å². The first kappa shape index (κ1) is 15.6. The van der Waals surface area contributed by atoms with Gasteiger partial charge in [-0.2, -0.15) is 14.6 Å². The maximum Gasteiger partial charge on any atom is 0.254 e. The van der Waals surface area contributed by atoms with Gasteiger partial charge in [-0.25, -0.2) is 4.98 Å². The topological polar surface area (TPSA) is 75.4 Å². The zero-order chi connectivity index (χ0) is 17.4. The zero-order valence-electron chi connectivity index (χ0n) is 14.3. The molecule has 1 amide bonds. The van der Waals surface area contributed by atoms with Gasteiger partial charge in [0, 0.05) is 31.8 Å². The molecule has 0 radical (unpaired) electrons. The van der Waals surface area contributed by atoms with E-state index in [1.807, 2.05) is 43.3 Å². The Balaban J connectivity index is 1.77. The van der Waals surface area contributed by atoms with Crippen molar-refractivity contribution in [1.82, 2.24) is 24.9 Å². The molecular formula is C18H20N6O. The molecule has 4 rings (SSSR count). The molecule has 25 heavy (non-hydrogen) atoms. The molecule has 7 heteroatoms. The fourth-order valence-electron chi connectivity index (χ4n) is 3.42. The lowest BCUT2D eigenvalue weighted by atomic mass is 9.89. The summed E-state index contributed by atoms with van der Waals surface area (Å²) in [6.45, 7) is 3.43. The van der Waals surface area contributed by atoms with E-state index in [1.165, 1.54) is 6.33 Å². The lowest BCUT2D eigenvalue weighted by Crippen LogP contribution is -2.39. The van der Waals surface area contributed by atoms with Crippen LogP contribution in [0.15, 0.2) is 42.7 Å². The molecule has 1 unspecified atom stereocenters. The van der Waals surface area contributed by atoms with Gasteiger partial charge in [0.25, 0.3) is 5.78 Å². The number of fused-ring (bicyclic) bond motifs is 1. The number of carbonyl (C=O) groups is 1. The molecule has 1 aliphatic rings. The van der Waals surface area contributed by atoms with Crippen LogP contribution in [0, 0.1) is 5.41 Å². The van der Waals surface area contributed by atoms with Gasteiger partial charge in [-0.3, -0.25) is 4.79 Å². The minimum absolute atomic E-state index is 0.0715. The molecule has 1 atom stereocenters. The average molecular weight is 336 g/mol. The first-order valence-corrected chi connectivity index (χ1v) is 8.34. The predicted molar refractivity (Wildman–Crippen MR) is 95.2 cm³/mol. The van der Waals surface area contributed by atoms with E-state index in [9.17, 15) is 4.79 Å². The molecule has 3 heterocycles. The molecule has 0 saturated carbocycles. The molecule has 7 nitrogen and oxygen atoms in total. The number of hydrogen-bond donors (Lipinski definition) is 1. The van der Waals surface area contributed by atoms with Gasteiger partial charge in [0.2, 0.25) is 5.91 Å². The van der Waals surface area contributed by atoms with Crippen LogP contribution >= 0.6 is 0 Å². The van der Waals surface area contributed by atoms with Crippen LogP contribution in [0.25, 0.3) is 17.0 Å². The number of aromatic nitrogens is 4. The Labute approximate surface area is 145 Å². The number of carbonyl (C=O) groups excluding carboxylic acids is 1. The molecule has 2 aromatic heterocycles. The number of hydrogen-bond acceptors (Lipinski definition) is 5. The van der Waals surface area contributed by atoms with Crippen molar-refractivity contribution in [2.45, 2.75) is 13.3 Å². The smallest absolute Gasteiger partial charge is 0.254 e. The third-order valence-corrected chi connectivity index (χ3v) is 4.88. The number of rotatable bonds is 3. The summed E-state index contributed by atoms with van der Waals surface area (Å²) in [5.74, 6) is 1.54. The Morgan fingerprint density at radius 3 is 2.84 bits per heavy atom. The maximum absolute atomic E-state index is 12.2.